The molecule has 3 heterocycles. The highest BCUT2D eigenvalue weighted by molar-refractivity contribution is 5.70. The molecule has 0 aliphatic carbocycles. The first kappa shape index (κ1) is 19.2. The minimum absolute atomic E-state index is 0.0780. The van der Waals surface area contributed by atoms with Crippen molar-refractivity contribution in [3.8, 4) is 0 Å². The number of hydrogen-bond acceptors (Lipinski definition) is 3. The zero-order valence-electron chi connectivity index (χ0n) is 16.6. The molecule has 3 fully saturated rings. The second kappa shape index (κ2) is 7.69. The second-order valence-corrected chi connectivity index (χ2v) is 8.38. The maximum absolute atomic E-state index is 12.3. The summed E-state index contributed by atoms with van der Waals surface area (Å²) in [6.45, 7) is 5.50. The Hall–Kier alpha value is -2.17. The molecule has 0 saturated carbocycles. The van der Waals surface area contributed by atoms with Crippen molar-refractivity contribution in [2.24, 2.45) is 11.8 Å². The second-order valence-electron chi connectivity index (χ2n) is 8.38. The number of benzene rings is 2. The lowest BCUT2D eigenvalue weighted by Gasteiger charge is -2.56. The van der Waals surface area contributed by atoms with Gasteiger partial charge in [0, 0.05) is 18.8 Å². The van der Waals surface area contributed by atoms with Crippen LogP contribution >= 0.6 is 0 Å². The molecule has 2 aromatic carbocycles. The van der Waals surface area contributed by atoms with Gasteiger partial charge >= 0.3 is 5.97 Å². The van der Waals surface area contributed by atoms with Crippen molar-refractivity contribution in [3.05, 3.63) is 71.8 Å². The highest BCUT2D eigenvalue weighted by Crippen LogP contribution is 2.49. The Morgan fingerprint density at radius 1 is 1.04 bits per heavy atom. The fourth-order valence-electron chi connectivity index (χ4n) is 5.44. The van der Waals surface area contributed by atoms with Crippen LogP contribution in [0.4, 0.5) is 0 Å². The van der Waals surface area contributed by atoms with E-state index in [0.29, 0.717) is 19.1 Å². The van der Waals surface area contributed by atoms with Crippen LogP contribution in [0.2, 0.25) is 0 Å². The largest absolute Gasteiger partial charge is 0.462 e. The summed E-state index contributed by atoms with van der Waals surface area (Å²) in [7, 11) is 0. The predicted molar refractivity (Wildman–Crippen MR) is 108 cm³/mol. The van der Waals surface area contributed by atoms with E-state index in [1.807, 2.05) is 67.6 Å². The van der Waals surface area contributed by atoms with E-state index in [-0.39, 0.29) is 11.9 Å². The Labute approximate surface area is 167 Å². The third kappa shape index (κ3) is 3.36. The van der Waals surface area contributed by atoms with Crippen LogP contribution in [0.25, 0.3) is 0 Å². The maximum atomic E-state index is 12.3. The van der Waals surface area contributed by atoms with Crippen LogP contribution < -0.4 is 0 Å². The smallest absolute Gasteiger partial charge is 0.361 e. The molecule has 0 amide bonds. The summed E-state index contributed by atoms with van der Waals surface area (Å²) in [6, 6.07) is 20.1. The number of fused-ring (bicyclic) bond motifs is 3. The van der Waals surface area contributed by atoms with Crippen LogP contribution in [0.15, 0.2) is 60.7 Å². The van der Waals surface area contributed by atoms with Crippen LogP contribution in [-0.4, -0.2) is 48.3 Å². The standard InChI is InChI=1S/C24H30NO3/c1-2-28-23(26)18-25-15-13-19(14-16-25)22(17-25)24(27,20-9-5-3-6-10-20)21-11-7-4-8-12-21/h3-12,19,22,27H,2,13-18H2,1H3/q+1. The van der Waals surface area contributed by atoms with E-state index in [9.17, 15) is 9.90 Å². The fourth-order valence-corrected chi connectivity index (χ4v) is 5.44. The van der Waals surface area contributed by atoms with Gasteiger partial charge in [0.25, 0.3) is 0 Å². The molecular weight excluding hydrogens is 350 g/mol. The molecule has 4 heteroatoms. The van der Waals surface area contributed by atoms with Gasteiger partial charge in [-0.1, -0.05) is 60.7 Å². The first-order valence-electron chi connectivity index (χ1n) is 10.4. The number of carbonyl (C=O) groups excluding carboxylic acids is 1. The molecule has 2 aromatic rings. The van der Waals surface area contributed by atoms with E-state index in [1.165, 1.54) is 0 Å². The Bertz CT molecular complexity index is 758. The van der Waals surface area contributed by atoms with Gasteiger partial charge in [-0.15, -0.1) is 0 Å². The van der Waals surface area contributed by atoms with E-state index in [4.69, 9.17) is 4.74 Å². The van der Waals surface area contributed by atoms with Gasteiger partial charge in [0.05, 0.1) is 26.2 Å². The minimum Gasteiger partial charge on any atom is -0.462 e. The summed E-state index contributed by atoms with van der Waals surface area (Å²) >= 11 is 0. The molecule has 3 saturated heterocycles. The minimum atomic E-state index is -1.05. The van der Waals surface area contributed by atoms with E-state index in [2.05, 4.69) is 0 Å². The number of rotatable bonds is 6. The lowest BCUT2D eigenvalue weighted by atomic mass is 9.64. The van der Waals surface area contributed by atoms with Gasteiger partial charge in [-0.05, 0) is 24.0 Å². The Morgan fingerprint density at radius 3 is 2.07 bits per heavy atom. The van der Waals surface area contributed by atoms with Crippen molar-refractivity contribution in [1.82, 2.24) is 0 Å². The van der Waals surface area contributed by atoms with E-state index in [0.717, 1.165) is 48.1 Å². The monoisotopic (exact) mass is 380 g/mol. The number of nitrogens with zero attached hydrogens (tertiary/aromatic N) is 1. The molecule has 3 aliphatic heterocycles. The Balaban J connectivity index is 1.72. The average Bonchev–Trinajstić information content (AvgIpc) is 2.75. The number of aliphatic hydroxyl groups is 1. The molecule has 1 atom stereocenters. The van der Waals surface area contributed by atoms with E-state index < -0.39 is 5.60 Å². The van der Waals surface area contributed by atoms with Gasteiger partial charge in [0.2, 0.25) is 0 Å². The molecular formula is C24H30NO3+. The zero-order chi connectivity index (χ0) is 19.6. The molecule has 0 aromatic heterocycles. The van der Waals surface area contributed by atoms with Crippen molar-refractivity contribution >= 4 is 5.97 Å². The van der Waals surface area contributed by atoms with Gasteiger partial charge in [0.1, 0.15) is 5.60 Å². The first-order chi connectivity index (χ1) is 13.6. The number of quaternary nitrogens is 1. The SMILES string of the molecule is CCOC(=O)C[N+]12CCC(CC1)C(C(O)(c1ccccc1)c1ccccc1)C2. The van der Waals surface area contributed by atoms with Gasteiger partial charge in [0.15, 0.2) is 6.54 Å². The van der Waals surface area contributed by atoms with Crippen LogP contribution in [0.1, 0.15) is 30.9 Å². The lowest BCUT2D eigenvalue weighted by molar-refractivity contribution is -0.941. The quantitative estimate of drug-likeness (QED) is 0.618. The zero-order valence-corrected chi connectivity index (χ0v) is 16.6. The highest BCUT2D eigenvalue weighted by Gasteiger charge is 2.55. The van der Waals surface area contributed by atoms with Crippen LogP contribution in [0.5, 0.6) is 0 Å². The molecule has 148 valence electrons. The van der Waals surface area contributed by atoms with Crippen molar-refractivity contribution in [3.63, 3.8) is 0 Å². The molecule has 1 N–H and O–H groups in total. The van der Waals surface area contributed by atoms with Crippen LogP contribution in [0.3, 0.4) is 0 Å². The summed E-state index contributed by atoms with van der Waals surface area (Å²) in [5.74, 6) is 0.423. The molecule has 5 rings (SSSR count). The maximum Gasteiger partial charge on any atom is 0.361 e. The molecule has 4 nitrogen and oxygen atoms in total. The average molecular weight is 381 g/mol. The molecule has 1 unspecified atom stereocenters. The van der Waals surface area contributed by atoms with Crippen LogP contribution in [0, 0.1) is 11.8 Å². The first-order valence-corrected chi connectivity index (χ1v) is 10.4. The van der Waals surface area contributed by atoms with Crippen molar-refractivity contribution in [2.75, 3.05) is 32.8 Å². The van der Waals surface area contributed by atoms with E-state index in [1.54, 1.807) is 0 Å². The number of carbonyl (C=O) groups is 1. The number of esters is 1. The molecule has 3 aliphatic rings. The summed E-state index contributed by atoms with van der Waals surface area (Å²) in [5, 5.41) is 12.2. The third-order valence-electron chi connectivity index (χ3n) is 6.84. The van der Waals surface area contributed by atoms with Crippen molar-refractivity contribution in [1.29, 1.82) is 0 Å². The van der Waals surface area contributed by atoms with Gasteiger partial charge in [-0.3, -0.25) is 0 Å². The summed E-state index contributed by atoms with van der Waals surface area (Å²) in [6.07, 6.45) is 2.10. The van der Waals surface area contributed by atoms with Gasteiger partial charge < -0.3 is 14.3 Å². The number of ether oxygens (including phenoxy) is 1. The third-order valence-corrected chi connectivity index (χ3v) is 6.84. The Morgan fingerprint density at radius 2 is 1.57 bits per heavy atom. The topological polar surface area (TPSA) is 46.5 Å². The van der Waals surface area contributed by atoms with Gasteiger partial charge in [-0.25, -0.2) is 4.79 Å². The van der Waals surface area contributed by atoms with Crippen LogP contribution in [-0.2, 0) is 15.1 Å². The highest BCUT2D eigenvalue weighted by atomic mass is 16.5. The normalized spacial score (nSPS) is 26.8. The fraction of sp³-hybridized carbons (Fsp3) is 0.458. The summed E-state index contributed by atoms with van der Waals surface area (Å²) in [4.78, 5) is 12.3. The molecule has 0 spiro atoms. The number of piperidine rings is 3. The molecule has 28 heavy (non-hydrogen) atoms. The Kier molecular flexibility index (Phi) is 5.26. The van der Waals surface area contributed by atoms with Gasteiger partial charge in [-0.2, -0.15) is 0 Å². The van der Waals surface area contributed by atoms with Crippen molar-refractivity contribution < 1.29 is 19.1 Å². The lowest BCUT2D eigenvalue weighted by Crippen LogP contribution is -2.66. The predicted octanol–water partition coefficient (Wildman–Crippen LogP) is 3.34. The number of hydrogen-bond donors (Lipinski definition) is 1. The summed E-state index contributed by atoms with van der Waals surface area (Å²) < 4.78 is 6.00. The molecule has 0 radical (unpaired) electrons. The molecule has 2 bridgehead atoms. The van der Waals surface area contributed by atoms with Crippen molar-refractivity contribution in [2.45, 2.75) is 25.4 Å². The summed E-state index contributed by atoms with van der Waals surface area (Å²) in [5.41, 5.74) is 0.829. The van der Waals surface area contributed by atoms with E-state index >= 15 is 0 Å².